The summed E-state index contributed by atoms with van der Waals surface area (Å²) in [5.74, 6) is -3.16. The number of rotatable bonds is 6. The van der Waals surface area contributed by atoms with Crippen LogP contribution < -0.4 is 10.2 Å². The number of carbonyl (C=O) groups is 4. The molecule has 0 saturated heterocycles. The maximum atomic E-state index is 10.2. The second-order valence-electron chi connectivity index (χ2n) is 2.88. The Bertz CT molecular complexity index is 246. The minimum Gasteiger partial charge on any atom is -0.550 e. The molecule has 0 N–H and O–H groups in total. The van der Waals surface area contributed by atoms with Gasteiger partial charge in [-0.1, -0.05) is 13.8 Å². The molecule has 0 heterocycles. The zero-order valence-corrected chi connectivity index (χ0v) is 12.2. The van der Waals surface area contributed by atoms with Crippen LogP contribution in [-0.2, 0) is 19.2 Å². The summed E-state index contributed by atoms with van der Waals surface area (Å²) in [6.45, 7) is 3.23. The van der Waals surface area contributed by atoms with Gasteiger partial charge in [0.05, 0.1) is 0 Å². The Morgan fingerprint density at radius 2 is 1.00 bits per heavy atom. The number of aliphatic carboxylic acids is 2. The predicted molar refractivity (Wildman–Crippen MR) is 55.6 cm³/mol. The van der Waals surface area contributed by atoms with Gasteiger partial charge in [0.25, 0.3) is 0 Å². The Morgan fingerprint density at radius 3 is 1.06 bits per heavy atom. The van der Waals surface area contributed by atoms with Gasteiger partial charge in [-0.2, -0.15) is 0 Å². The van der Waals surface area contributed by atoms with Crippen molar-refractivity contribution in [2.24, 2.45) is 0 Å². The van der Waals surface area contributed by atoms with E-state index in [1.54, 1.807) is 13.8 Å². The minimum absolute atomic E-state index is 0. The smallest absolute Gasteiger partial charge is 0.550 e. The largest absolute Gasteiger partial charge is 2.00 e. The first-order chi connectivity index (χ1) is 7.33. The fourth-order valence-corrected chi connectivity index (χ4v) is 0.572. The molecule has 0 rings (SSSR count). The van der Waals surface area contributed by atoms with Crippen molar-refractivity contribution >= 4 is 61.2 Å². The van der Waals surface area contributed by atoms with Gasteiger partial charge < -0.3 is 19.8 Å². The molecule has 0 saturated carbocycles. The van der Waals surface area contributed by atoms with Crippen LogP contribution in [-0.4, -0.2) is 61.2 Å². The molecule has 17 heavy (non-hydrogen) atoms. The molecule has 92 valence electrons. The molecule has 0 aromatic rings. The molecule has 0 aromatic heterocycles. The first kappa shape index (κ1) is 21.8. The van der Waals surface area contributed by atoms with E-state index in [1.807, 2.05) is 0 Å². The third-order valence-corrected chi connectivity index (χ3v) is 1.47. The van der Waals surface area contributed by atoms with Crippen molar-refractivity contribution in [2.45, 2.75) is 39.5 Å². The number of hydrogen-bond donors (Lipinski definition) is 0. The van der Waals surface area contributed by atoms with Crippen molar-refractivity contribution in [3.63, 3.8) is 0 Å². The summed E-state index contributed by atoms with van der Waals surface area (Å²) in [6.07, 6.45) is -0.352. The number of carboxylic acids is 2. The van der Waals surface area contributed by atoms with E-state index in [4.69, 9.17) is 0 Å². The fraction of sp³-hybridized carbons (Fsp3) is 0.600. The Morgan fingerprint density at radius 1 is 0.765 bits per heavy atom. The van der Waals surface area contributed by atoms with Crippen LogP contribution in [0.15, 0.2) is 0 Å². The van der Waals surface area contributed by atoms with Crippen molar-refractivity contribution in [1.29, 1.82) is 0 Å². The molecule has 0 amide bonds. The normalized spacial score (nSPS) is 8.12. The first-order valence-electron chi connectivity index (χ1n) is 4.76. The third kappa shape index (κ3) is 21.4. The van der Waals surface area contributed by atoms with Gasteiger partial charge in [-0.25, -0.2) is 0 Å². The summed E-state index contributed by atoms with van der Waals surface area (Å²) in [6, 6.07) is 0. The first-order valence-corrected chi connectivity index (χ1v) is 4.76. The van der Waals surface area contributed by atoms with E-state index in [0.717, 1.165) is 0 Å². The maximum absolute atomic E-state index is 10.2. The van der Waals surface area contributed by atoms with Gasteiger partial charge in [-0.15, -0.1) is 0 Å². The van der Waals surface area contributed by atoms with Crippen LogP contribution in [0.3, 0.4) is 0 Å². The van der Waals surface area contributed by atoms with Gasteiger partial charge in [-0.05, 0) is 0 Å². The van der Waals surface area contributed by atoms with Crippen LogP contribution in [0.25, 0.3) is 0 Å². The second-order valence-corrected chi connectivity index (χ2v) is 2.88. The topological polar surface area (TPSA) is 114 Å². The molecule has 0 bridgehead atoms. The van der Waals surface area contributed by atoms with Crippen molar-refractivity contribution in [2.75, 3.05) is 0 Å². The van der Waals surface area contributed by atoms with Crippen molar-refractivity contribution in [1.82, 2.24) is 0 Å². The number of carbonyl (C=O) groups excluding carboxylic acids is 4. The molecule has 0 aliphatic rings. The van der Waals surface area contributed by atoms with Gasteiger partial charge in [0.1, 0.15) is 11.6 Å². The van der Waals surface area contributed by atoms with E-state index in [-0.39, 0.29) is 62.1 Å². The molecule has 0 aliphatic carbocycles. The Balaban J connectivity index is -0.000000218. The number of carboxylic acid groups (broad SMARTS) is 2. The Hall–Kier alpha value is -0.460. The SMILES string of the molecule is CCC(=O)CC(=O)[O-].CCC(=O)CC(=O)[O-].[Ca+2]. The summed E-state index contributed by atoms with van der Waals surface area (Å²) in [5, 5.41) is 19.3. The van der Waals surface area contributed by atoms with Gasteiger partial charge in [0.15, 0.2) is 0 Å². The molecule has 0 aliphatic heterocycles. The molecule has 0 unspecified atom stereocenters. The van der Waals surface area contributed by atoms with Crippen LogP contribution in [0.2, 0.25) is 0 Å². The van der Waals surface area contributed by atoms with Crippen molar-refractivity contribution in [3.05, 3.63) is 0 Å². The quantitative estimate of drug-likeness (QED) is 0.401. The molecule has 0 atom stereocenters. The number of hydrogen-bond acceptors (Lipinski definition) is 6. The molecule has 0 radical (unpaired) electrons. The van der Waals surface area contributed by atoms with E-state index < -0.39 is 24.8 Å². The van der Waals surface area contributed by atoms with E-state index in [9.17, 15) is 29.4 Å². The van der Waals surface area contributed by atoms with Crippen molar-refractivity contribution in [3.8, 4) is 0 Å². The van der Waals surface area contributed by atoms with Gasteiger partial charge in [0.2, 0.25) is 0 Å². The molecule has 0 aromatic carbocycles. The fourth-order valence-electron chi connectivity index (χ4n) is 0.572. The molecular formula is C10H14CaO6. The number of Topliss-reactive ketones (excluding diaryl/α,β-unsaturated/α-hetero) is 2. The molecular weight excluding hydrogens is 256 g/mol. The summed E-state index contributed by atoms with van der Waals surface area (Å²) in [7, 11) is 0. The van der Waals surface area contributed by atoms with Crippen LogP contribution in [0.1, 0.15) is 39.5 Å². The average Bonchev–Trinajstić information content (AvgIpc) is 2.16. The van der Waals surface area contributed by atoms with Crippen LogP contribution in [0.5, 0.6) is 0 Å². The van der Waals surface area contributed by atoms with Crippen LogP contribution in [0, 0.1) is 0 Å². The Labute approximate surface area is 129 Å². The predicted octanol–water partition coefficient (Wildman–Crippen LogP) is -2.17. The van der Waals surface area contributed by atoms with Crippen LogP contribution in [0.4, 0.5) is 0 Å². The zero-order chi connectivity index (χ0) is 13.1. The molecule has 0 spiro atoms. The Kier molecular flexibility index (Phi) is 17.4. The summed E-state index contributed by atoms with van der Waals surface area (Å²) >= 11 is 0. The monoisotopic (exact) mass is 270 g/mol. The summed E-state index contributed by atoms with van der Waals surface area (Å²) in [5.41, 5.74) is 0. The summed E-state index contributed by atoms with van der Waals surface area (Å²) < 4.78 is 0. The van der Waals surface area contributed by atoms with Gasteiger partial charge >= 0.3 is 37.7 Å². The van der Waals surface area contributed by atoms with Crippen LogP contribution >= 0.6 is 0 Å². The average molecular weight is 270 g/mol. The molecule has 7 heteroatoms. The van der Waals surface area contributed by atoms with Gasteiger partial charge in [-0.3, -0.25) is 9.59 Å². The minimum atomic E-state index is -1.29. The standard InChI is InChI=1S/2C5H8O3.Ca/c2*1-2-4(6)3-5(7)8;/h2*2-3H2,1H3,(H,7,8);/q;;+2/p-2. The number of ketones is 2. The molecule has 0 fully saturated rings. The maximum Gasteiger partial charge on any atom is 2.00 e. The van der Waals surface area contributed by atoms with E-state index in [1.165, 1.54) is 0 Å². The van der Waals surface area contributed by atoms with E-state index in [2.05, 4.69) is 0 Å². The molecule has 6 nitrogen and oxygen atoms in total. The zero-order valence-electron chi connectivity index (χ0n) is 9.99. The van der Waals surface area contributed by atoms with E-state index in [0.29, 0.717) is 0 Å². The van der Waals surface area contributed by atoms with E-state index >= 15 is 0 Å². The van der Waals surface area contributed by atoms with Crippen molar-refractivity contribution < 1.29 is 29.4 Å². The third-order valence-electron chi connectivity index (χ3n) is 1.47. The van der Waals surface area contributed by atoms with Gasteiger partial charge in [0, 0.05) is 37.6 Å². The summed E-state index contributed by atoms with van der Waals surface area (Å²) in [4.78, 5) is 39.7. The second kappa shape index (κ2) is 13.6.